The lowest BCUT2D eigenvalue weighted by molar-refractivity contribution is 0.116. The van der Waals surface area contributed by atoms with Gasteiger partial charge in [0.15, 0.2) is 0 Å². The first-order chi connectivity index (χ1) is 8.29. The van der Waals surface area contributed by atoms with Crippen LogP contribution in [0.25, 0.3) is 0 Å². The number of aromatic nitrogens is 1. The zero-order valence-corrected chi connectivity index (χ0v) is 10.7. The summed E-state index contributed by atoms with van der Waals surface area (Å²) < 4.78 is 6.69. The van der Waals surface area contributed by atoms with Crippen LogP contribution in [0.1, 0.15) is 11.7 Å². The Balaban J connectivity index is 2.13. The number of halogens is 1. The molecule has 88 valence electrons. The highest BCUT2D eigenvalue weighted by Gasteiger charge is 2.11. The van der Waals surface area contributed by atoms with Crippen molar-refractivity contribution in [1.82, 2.24) is 4.98 Å². The van der Waals surface area contributed by atoms with E-state index in [1.54, 1.807) is 12.4 Å². The Labute approximate surface area is 108 Å². The van der Waals surface area contributed by atoms with Crippen molar-refractivity contribution in [2.75, 3.05) is 6.61 Å². The zero-order chi connectivity index (χ0) is 12.1. The van der Waals surface area contributed by atoms with Gasteiger partial charge in [-0.3, -0.25) is 4.98 Å². The lowest BCUT2D eigenvalue weighted by atomic mass is 10.2. The van der Waals surface area contributed by atoms with Crippen LogP contribution in [-0.2, 0) is 0 Å². The van der Waals surface area contributed by atoms with Crippen LogP contribution in [0.3, 0.4) is 0 Å². The first-order valence-corrected chi connectivity index (χ1v) is 6.02. The van der Waals surface area contributed by atoms with Crippen molar-refractivity contribution in [3.63, 3.8) is 0 Å². The van der Waals surface area contributed by atoms with Crippen molar-refractivity contribution in [2.45, 2.75) is 6.10 Å². The second-order valence-electron chi connectivity index (χ2n) is 3.53. The Bertz CT molecular complexity index is 459. The number of benzene rings is 1. The third-order valence-corrected chi connectivity index (χ3v) is 2.84. The highest BCUT2D eigenvalue weighted by molar-refractivity contribution is 9.10. The number of rotatable bonds is 4. The van der Waals surface area contributed by atoms with Crippen LogP contribution in [0, 0.1) is 0 Å². The van der Waals surface area contributed by atoms with E-state index in [0.29, 0.717) is 0 Å². The van der Waals surface area contributed by atoms with Gasteiger partial charge in [0.05, 0.1) is 6.61 Å². The van der Waals surface area contributed by atoms with E-state index in [0.717, 1.165) is 15.8 Å². The van der Waals surface area contributed by atoms with E-state index < -0.39 is 0 Å². The predicted octanol–water partition coefficient (Wildman–Crippen LogP) is 2.96. The fourth-order valence-corrected chi connectivity index (χ4v) is 1.72. The Hall–Kier alpha value is -1.39. The van der Waals surface area contributed by atoms with E-state index in [9.17, 15) is 5.11 Å². The number of hydrogen-bond acceptors (Lipinski definition) is 3. The Morgan fingerprint density at radius 2 is 2.00 bits per heavy atom. The van der Waals surface area contributed by atoms with Crippen molar-refractivity contribution in [3.05, 3.63) is 58.8 Å². The van der Waals surface area contributed by atoms with Crippen LogP contribution in [0.15, 0.2) is 53.3 Å². The zero-order valence-electron chi connectivity index (χ0n) is 9.08. The average Bonchev–Trinajstić information content (AvgIpc) is 2.39. The van der Waals surface area contributed by atoms with E-state index in [2.05, 4.69) is 20.9 Å². The van der Waals surface area contributed by atoms with Gasteiger partial charge in [-0.1, -0.05) is 22.0 Å². The maximum absolute atomic E-state index is 9.33. The average molecular weight is 294 g/mol. The molecule has 2 rings (SSSR count). The minimum absolute atomic E-state index is 0.0816. The highest BCUT2D eigenvalue weighted by Crippen LogP contribution is 2.22. The van der Waals surface area contributed by atoms with Crippen molar-refractivity contribution in [2.24, 2.45) is 0 Å². The van der Waals surface area contributed by atoms with Crippen LogP contribution >= 0.6 is 15.9 Å². The lowest BCUT2D eigenvalue weighted by Crippen LogP contribution is -2.12. The summed E-state index contributed by atoms with van der Waals surface area (Å²) in [7, 11) is 0. The molecule has 1 N–H and O–H groups in total. The molecule has 0 aliphatic rings. The summed E-state index contributed by atoms with van der Waals surface area (Å²) >= 11 is 3.36. The van der Waals surface area contributed by atoms with E-state index in [1.807, 2.05) is 36.4 Å². The Morgan fingerprint density at radius 3 is 2.59 bits per heavy atom. The molecule has 0 spiro atoms. The summed E-state index contributed by atoms with van der Waals surface area (Å²) in [5, 5.41) is 9.33. The van der Waals surface area contributed by atoms with Gasteiger partial charge < -0.3 is 9.84 Å². The van der Waals surface area contributed by atoms with Gasteiger partial charge in [0.2, 0.25) is 0 Å². The predicted molar refractivity (Wildman–Crippen MR) is 68.8 cm³/mol. The summed E-state index contributed by atoms with van der Waals surface area (Å²) in [6.07, 6.45) is 3.00. The number of ether oxygens (including phenoxy) is 1. The van der Waals surface area contributed by atoms with Crippen LogP contribution in [-0.4, -0.2) is 16.7 Å². The van der Waals surface area contributed by atoms with Crippen LogP contribution < -0.4 is 4.74 Å². The number of aliphatic hydroxyl groups excluding tert-OH is 1. The second-order valence-corrected chi connectivity index (χ2v) is 4.45. The van der Waals surface area contributed by atoms with Crippen LogP contribution in [0.4, 0.5) is 0 Å². The fraction of sp³-hybridized carbons (Fsp3) is 0.154. The fourth-order valence-electron chi connectivity index (χ4n) is 1.45. The lowest BCUT2D eigenvalue weighted by Gasteiger charge is -2.16. The van der Waals surface area contributed by atoms with E-state index in [1.165, 1.54) is 0 Å². The molecule has 0 saturated carbocycles. The Morgan fingerprint density at radius 1 is 1.24 bits per heavy atom. The molecule has 0 saturated heterocycles. The SMILES string of the molecule is OCC(Oc1ccc(Br)cc1)c1cccnc1. The number of pyridine rings is 1. The minimum atomic E-state index is -0.384. The molecule has 1 aromatic carbocycles. The van der Waals surface area contributed by atoms with Gasteiger partial charge >= 0.3 is 0 Å². The molecular formula is C13H12BrNO2. The maximum Gasteiger partial charge on any atom is 0.148 e. The molecule has 0 amide bonds. The van der Waals surface area contributed by atoms with Crippen molar-refractivity contribution < 1.29 is 9.84 Å². The van der Waals surface area contributed by atoms with E-state index in [-0.39, 0.29) is 12.7 Å². The first kappa shape index (κ1) is 12.1. The molecule has 0 bridgehead atoms. The summed E-state index contributed by atoms with van der Waals surface area (Å²) in [6, 6.07) is 11.2. The van der Waals surface area contributed by atoms with Crippen molar-refractivity contribution >= 4 is 15.9 Å². The number of aliphatic hydroxyl groups is 1. The molecule has 0 fully saturated rings. The second kappa shape index (κ2) is 5.80. The molecule has 1 atom stereocenters. The minimum Gasteiger partial charge on any atom is -0.483 e. The van der Waals surface area contributed by atoms with Gasteiger partial charge in [0, 0.05) is 22.4 Å². The van der Waals surface area contributed by atoms with Gasteiger partial charge in [0.25, 0.3) is 0 Å². The van der Waals surface area contributed by atoms with Gasteiger partial charge in [-0.05, 0) is 30.3 Å². The Kier molecular flexibility index (Phi) is 4.12. The molecule has 3 nitrogen and oxygen atoms in total. The molecule has 0 aliphatic carbocycles. The van der Waals surface area contributed by atoms with Gasteiger partial charge in [-0.2, -0.15) is 0 Å². The van der Waals surface area contributed by atoms with Crippen LogP contribution in [0.2, 0.25) is 0 Å². The number of hydrogen-bond donors (Lipinski definition) is 1. The normalized spacial score (nSPS) is 12.1. The van der Waals surface area contributed by atoms with Crippen molar-refractivity contribution in [3.8, 4) is 5.75 Å². The topological polar surface area (TPSA) is 42.4 Å². The van der Waals surface area contributed by atoms with E-state index >= 15 is 0 Å². The quantitative estimate of drug-likeness (QED) is 0.942. The van der Waals surface area contributed by atoms with E-state index in [4.69, 9.17) is 4.74 Å². The molecule has 1 heterocycles. The number of nitrogens with zero attached hydrogens (tertiary/aromatic N) is 1. The molecule has 0 radical (unpaired) electrons. The van der Waals surface area contributed by atoms with Gasteiger partial charge in [0.1, 0.15) is 11.9 Å². The molecule has 17 heavy (non-hydrogen) atoms. The summed E-state index contributed by atoms with van der Waals surface area (Å²) in [4.78, 5) is 4.01. The summed E-state index contributed by atoms with van der Waals surface area (Å²) in [5.74, 6) is 0.719. The third-order valence-electron chi connectivity index (χ3n) is 2.31. The first-order valence-electron chi connectivity index (χ1n) is 5.22. The smallest absolute Gasteiger partial charge is 0.148 e. The molecule has 0 aliphatic heterocycles. The van der Waals surface area contributed by atoms with Crippen molar-refractivity contribution in [1.29, 1.82) is 0 Å². The molecule has 4 heteroatoms. The molecule has 2 aromatic rings. The monoisotopic (exact) mass is 293 g/mol. The maximum atomic E-state index is 9.33. The van der Waals surface area contributed by atoms with Gasteiger partial charge in [-0.15, -0.1) is 0 Å². The largest absolute Gasteiger partial charge is 0.483 e. The molecule has 1 unspecified atom stereocenters. The van der Waals surface area contributed by atoms with Gasteiger partial charge in [-0.25, -0.2) is 0 Å². The summed E-state index contributed by atoms with van der Waals surface area (Å²) in [5.41, 5.74) is 0.859. The molecular weight excluding hydrogens is 282 g/mol. The standard InChI is InChI=1S/C13H12BrNO2/c14-11-3-5-12(6-4-11)17-13(9-16)10-2-1-7-15-8-10/h1-8,13,16H,9H2. The third kappa shape index (κ3) is 3.28. The molecule has 1 aromatic heterocycles. The van der Waals surface area contributed by atoms with Crippen LogP contribution in [0.5, 0.6) is 5.75 Å². The highest BCUT2D eigenvalue weighted by atomic mass is 79.9. The summed E-state index contributed by atoms with van der Waals surface area (Å²) in [6.45, 7) is -0.0816.